The maximum Gasteiger partial charge on any atom is 0.335 e. The van der Waals surface area contributed by atoms with E-state index < -0.39 is 11.9 Å². The molecule has 0 radical (unpaired) electrons. The van der Waals surface area contributed by atoms with E-state index in [0.717, 1.165) is 12.2 Å². The van der Waals surface area contributed by atoms with Crippen LogP contribution in [0.5, 0.6) is 23.0 Å². The minimum Gasteiger partial charge on any atom is -0.457 e. The summed E-state index contributed by atoms with van der Waals surface area (Å²) < 4.78 is 16.6. The molecule has 0 amide bonds. The van der Waals surface area contributed by atoms with Gasteiger partial charge in [0, 0.05) is 34.0 Å². The molecule has 0 aliphatic heterocycles. The van der Waals surface area contributed by atoms with Gasteiger partial charge >= 0.3 is 11.9 Å². The molecule has 0 aliphatic carbocycles. The van der Waals surface area contributed by atoms with Crippen LogP contribution < -0.4 is 14.2 Å². The average Bonchev–Trinajstić information content (AvgIpc) is 2.71. The summed E-state index contributed by atoms with van der Waals surface area (Å²) in [7, 11) is 0. The van der Waals surface area contributed by atoms with E-state index in [0.29, 0.717) is 27.3 Å². The third-order valence-corrected chi connectivity index (χ3v) is 3.93. The van der Waals surface area contributed by atoms with Crippen molar-refractivity contribution in [3.8, 4) is 23.0 Å². The van der Waals surface area contributed by atoms with Crippen molar-refractivity contribution in [1.82, 2.24) is 0 Å². The lowest BCUT2D eigenvalue weighted by Crippen LogP contribution is -2.09. The molecule has 0 saturated carbocycles. The van der Waals surface area contributed by atoms with Gasteiger partial charge in [0.2, 0.25) is 0 Å². The van der Waals surface area contributed by atoms with E-state index >= 15 is 0 Å². The summed E-state index contributed by atoms with van der Waals surface area (Å²) in [5, 5.41) is 1.50. The average molecular weight is 395 g/mol. The van der Waals surface area contributed by atoms with E-state index in [1.807, 2.05) is 18.2 Å². The van der Waals surface area contributed by atoms with Crippen LogP contribution >= 0.6 is 11.6 Å². The highest BCUT2D eigenvalue weighted by Crippen LogP contribution is 2.44. The van der Waals surface area contributed by atoms with Crippen molar-refractivity contribution in [3.63, 3.8) is 0 Å². The van der Waals surface area contributed by atoms with E-state index in [1.54, 1.807) is 30.3 Å². The van der Waals surface area contributed by atoms with Crippen LogP contribution in [0.2, 0.25) is 5.02 Å². The Labute approximate surface area is 166 Å². The number of esters is 2. The summed E-state index contributed by atoms with van der Waals surface area (Å²) in [6.45, 7) is 6.77. The highest BCUT2D eigenvalue weighted by molar-refractivity contribution is 6.31. The zero-order chi connectivity index (χ0) is 20.1. The summed E-state index contributed by atoms with van der Waals surface area (Å²) in [6.07, 6.45) is 2.01. The van der Waals surface area contributed by atoms with E-state index in [-0.39, 0.29) is 11.5 Å². The van der Waals surface area contributed by atoms with E-state index in [1.165, 1.54) is 6.07 Å². The van der Waals surface area contributed by atoms with Gasteiger partial charge in [0.1, 0.15) is 11.5 Å². The standard InChI is InChI=1S/C22H15ClO5/c1-3-20(24)27-19-13-18(26-15-8-6-5-7-9-15)17-12-14(23)10-11-16(17)22(19)28-21(25)4-2/h3-13H,1-2H2. The lowest BCUT2D eigenvalue weighted by molar-refractivity contribution is -0.131. The topological polar surface area (TPSA) is 61.8 Å². The van der Waals surface area contributed by atoms with Crippen molar-refractivity contribution in [2.45, 2.75) is 0 Å². The Morgan fingerprint density at radius 3 is 2.18 bits per heavy atom. The maximum atomic E-state index is 11.8. The fourth-order valence-electron chi connectivity index (χ4n) is 2.49. The van der Waals surface area contributed by atoms with Crippen LogP contribution in [0, 0.1) is 0 Å². The quantitative estimate of drug-likeness (QED) is 0.315. The summed E-state index contributed by atoms with van der Waals surface area (Å²) in [5.74, 6) is -0.429. The highest BCUT2D eigenvalue weighted by Gasteiger charge is 2.20. The van der Waals surface area contributed by atoms with E-state index in [2.05, 4.69) is 13.2 Å². The number of ether oxygens (including phenoxy) is 3. The SMILES string of the molecule is C=CC(=O)Oc1cc(Oc2ccccc2)c2cc(Cl)ccc2c1OC(=O)C=C. The first kappa shape index (κ1) is 19.2. The third kappa shape index (κ3) is 4.22. The molecule has 0 unspecified atom stereocenters. The highest BCUT2D eigenvalue weighted by atomic mass is 35.5. The second-order valence-corrected chi connectivity index (χ2v) is 5.99. The summed E-state index contributed by atoms with van der Waals surface area (Å²) in [4.78, 5) is 23.6. The largest absolute Gasteiger partial charge is 0.457 e. The smallest absolute Gasteiger partial charge is 0.335 e. The van der Waals surface area contributed by atoms with Gasteiger partial charge in [0.25, 0.3) is 0 Å². The van der Waals surface area contributed by atoms with Crippen molar-refractivity contribution >= 4 is 34.3 Å². The normalized spacial score (nSPS) is 10.2. The van der Waals surface area contributed by atoms with Gasteiger partial charge in [-0.15, -0.1) is 0 Å². The van der Waals surface area contributed by atoms with Gasteiger partial charge in [-0.25, -0.2) is 9.59 Å². The third-order valence-electron chi connectivity index (χ3n) is 3.70. The Balaban J connectivity index is 2.23. The molecule has 0 N–H and O–H groups in total. The van der Waals surface area contributed by atoms with Gasteiger partial charge in [-0.1, -0.05) is 43.0 Å². The molecular formula is C22H15ClO5. The van der Waals surface area contributed by atoms with Crippen LogP contribution in [0.1, 0.15) is 0 Å². The number of rotatable bonds is 6. The maximum absolute atomic E-state index is 11.8. The minimum absolute atomic E-state index is 0.000790. The molecular weight excluding hydrogens is 380 g/mol. The Bertz CT molecular complexity index is 1070. The van der Waals surface area contributed by atoms with Crippen molar-refractivity contribution in [2.75, 3.05) is 0 Å². The number of fused-ring (bicyclic) bond motifs is 1. The lowest BCUT2D eigenvalue weighted by atomic mass is 10.1. The molecule has 5 nitrogen and oxygen atoms in total. The fraction of sp³-hybridized carbons (Fsp3) is 0. The molecule has 3 aromatic rings. The monoisotopic (exact) mass is 394 g/mol. The van der Waals surface area contributed by atoms with E-state index in [4.69, 9.17) is 25.8 Å². The van der Waals surface area contributed by atoms with Crippen molar-refractivity contribution < 1.29 is 23.8 Å². The number of benzene rings is 3. The van der Waals surface area contributed by atoms with Crippen molar-refractivity contribution in [2.24, 2.45) is 0 Å². The molecule has 0 fully saturated rings. The van der Waals surface area contributed by atoms with Gasteiger partial charge in [0.05, 0.1) is 0 Å². The minimum atomic E-state index is -0.713. The van der Waals surface area contributed by atoms with Crippen LogP contribution in [0.4, 0.5) is 0 Å². The molecule has 0 bridgehead atoms. The Kier molecular flexibility index (Phi) is 5.77. The number of hydrogen-bond acceptors (Lipinski definition) is 5. The fourth-order valence-corrected chi connectivity index (χ4v) is 2.66. The molecule has 0 heterocycles. The number of carbonyl (C=O) groups is 2. The Hall–Kier alpha value is -3.57. The molecule has 3 rings (SSSR count). The second kappa shape index (κ2) is 8.41. The lowest BCUT2D eigenvalue weighted by Gasteiger charge is -2.16. The number of hydrogen-bond donors (Lipinski definition) is 0. The summed E-state index contributed by atoms with van der Waals surface area (Å²) in [5.41, 5.74) is 0. The number of para-hydroxylation sites is 1. The number of carbonyl (C=O) groups excluding carboxylic acids is 2. The second-order valence-electron chi connectivity index (χ2n) is 5.56. The van der Waals surface area contributed by atoms with E-state index in [9.17, 15) is 9.59 Å². The summed E-state index contributed by atoms with van der Waals surface area (Å²) >= 11 is 6.15. The van der Waals surface area contributed by atoms with Crippen LogP contribution in [0.3, 0.4) is 0 Å². The number of halogens is 1. The summed E-state index contributed by atoms with van der Waals surface area (Å²) in [6, 6.07) is 15.4. The van der Waals surface area contributed by atoms with Crippen LogP contribution in [0.15, 0.2) is 79.9 Å². The van der Waals surface area contributed by atoms with Crippen molar-refractivity contribution in [1.29, 1.82) is 0 Å². The Morgan fingerprint density at radius 1 is 0.821 bits per heavy atom. The molecule has 28 heavy (non-hydrogen) atoms. The van der Waals surface area contributed by atoms with Crippen LogP contribution in [0.25, 0.3) is 10.8 Å². The molecule has 140 valence electrons. The predicted molar refractivity (Wildman–Crippen MR) is 107 cm³/mol. The first-order valence-electron chi connectivity index (χ1n) is 8.19. The van der Waals surface area contributed by atoms with Gasteiger partial charge in [0.15, 0.2) is 11.5 Å². The predicted octanol–water partition coefficient (Wildman–Crippen LogP) is 5.47. The molecule has 0 spiro atoms. The van der Waals surface area contributed by atoms with Gasteiger partial charge < -0.3 is 14.2 Å². The zero-order valence-electron chi connectivity index (χ0n) is 14.7. The van der Waals surface area contributed by atoms with Crippen LogP contribution in [-0.2, 0) is 9.59 Å². The Morgan fingerprint density at radius 2 is 1.50 bits per heavy atom. The van der Waals surface area contributed by atoms with Gasteiger partial charge in [-0.2, -0.15) is 0 Å². The first-order valence-corrected chi connectivity index (χ1v) is 8.57. The first-order chi connectivity index (χ1) is 13.5. The zero-order valence-corrected chi connectivity index (χ0v) is 15.4. The molecule has 3 aromatic carbocycles. The van der Waals surface area contributed by atoms with Crippen LogP contribution in [-0.4, -0.2) is 11.9 Å². The molecule has 6 heteroatoms. The molecule has 0 atom stereocenters. The molecule has 0 aliphatic rings. The molecule has 0 aromatic heterocycles. The van der Waals surface area contributed by atoms with Gasteiger partial charge in [-0.05, 0) is 30.3 Å². The molecule has 0 saturated heterocycles. The van der Waals surface area contributed by atoms with Gasteiger partial charge in [-0.3, -0.25) is 0 Å². The van der Waals surface area contributed by atoms with Crippen molar-refractivity contribution in [3.05, 3.63) is 84.9 Å².